The maximum absolute atomic E-state index is 10.4. The molecule has 1 aromatic carbocycles. The Hall–Kier alpha value is -1.35. The first-order valence-electron chi connectivity index (χ1n) is 5.58. The third kappa shape index (κ3) is 4.94. The summed E-state index contributed by atoms with van der Waals surface area (Å²) in [6.45, 7) is 4.78. The SMILES string of the molecule is Cc1cccc(CCNC(C)CC(=O)O)c1. The topological polar surface area (TPSA) is 49.3 Å². The molecule has 2 N–H and O–H groups in total. The number of hydrogen-bond acceptors (Lipinski definition) is 2. The molecule has 1 unspecified atom stereocenters. The van der Waals surface area contributed by atoms with Gasteiger partial charge in [0.2, 0.25) is 0 Å². The van der Waals surface area contributed by atoms with E-state index in [9.17, 15) is 4.79 Å². The van der Waals surface area contributed by atoms with Crippen molar-refractivity contribution >= 4 is 5.97 Å². The summed E-state index contributed by atoms with van der Waals surface area (Å²) < 4.78 is 0. The summed E-state index contributed by atoms with van der Waals surface area (Å²) in [6.07, 6.45) is 1.11. The van der Waals surface area contributed by atoms with E-state index in [1.807, 2.05) is 13.0 Å². The first-order valence-corrected chi connectivity index (χ1v) is 5.58. The number of carbonyl (C=O) groups is 1. The molecule has 3 heteroatoms. The lowest BCUT2D eigenvalue weighted by Crippen LogP contribution is -2.30. The highest BCUT2D eigenvalue weighted by atomic mass is 16.4. The number of aryl methyl sites for hydroxylation is 1. The Morgan fingerprint density at radius 1 is 1.50 bits per heavy atom. The molecule has 0 aliphatic carbocycles. The van der Waals surface area contributed by atoms with E-state index in [0.717, 1.165) is 13.0 Å². The van der Waals surface area contributed by atoms with E-state index in [0.29, 0.717) is 0 Å². The molecule has 0 radical (unpaired) electrons. The van der Waals surface area contributed by atoms with Gasteiger partial charge in [0.15, 0.2) is 0 Å². The van der Waals surface area contributed by atoms with Gasteiger partial charge in [0.1, 0.15) is 0 Å². The fourth-order valence-electron chi connectivity index (χ4n) is 1.66. The van der Waals surface area contributed by atoms with Gasteiger partial charge in [-0.05, 0) is 32.4 Å². The van der Waals surface area contributed by atoms with Crippen LogP contribution < -0.4 is 5.32 Å². The summed E-state index contributed by atoms with van der Waals surface area (Å²) in [5.41, 5.74) is 2.55. The molecule has 1 atom stereocenters. The van der Waals surface area contributed by atoms with Gasteiger partial charge in [-0.25, -0.2) is 0 Å². The second-order valence-electron chi connectivity index (χ2n) is 4.19. The van der Waals surface area contributed by atoms with E-state index in [-0.39, 0.29) is 12.5 Å². The van der Waals surface area contributed by atoms with Gasteiger partial charge in [-0.1, -0.05) is 29.8 Å². The summed E-state index contributed by atoms with van der Waals surface area (Å²) in [6, 6.07) is 8.40. The lowest BCUT2D eigenvalue weighted by Gasteiger charge is -2.11. The van der Waals surface area contributed by atoms with Crippen LogP contribution in [0.3, 0.4) is 0 Å². The first kappa shape index (κ1) is 12.7. The van der Waals surface area contributed by atoms with Gasteiger partial charge in [0.25, 0.3) is 0 Å². The van der Waals surface area contributed by atoms with Crippen LogP contribution >= 0.6 is 0 Å². The monoisotopic (exact) mass is 221 g/mol. The van der Waals surface area contributed by atoms with Gasteiger partial charge in [-0.2, -0.15) is 0 Å². The number of aliphatic carboxylic acids is 1. The molecular weight excluding hydrogens is 202 g/mol. The number of hydrogen-bond donors (Lipinski definition) is 2. The number of nitrogens with one attached hydrogen (secondary N) is 1. The third-order valence-electron chi connectivity index (χ3n) is 2.47. The molecule has 0 heterocycles. The highest BCUT2D eigenvalue weighted by molar-refractivity contribution is 5.67. The van der Waals surface area contributed by atoms with Crippen LogP contribution in [0.1, 0.15) is 24.5 Å². The predicted molar refractivity (Wildman–Crippen MR) is 64.6 cm³/mol. The molecule has 16 heavy (non-hydrogen) atoms. The van der Waals surface area contributed by atoms with Crippen LogP contribution in [0.4, 0.5) is 0 Å². The summed E-state index contributed by atoms with van der Waals surface area (Å²) in [5.74, 6) is -0.754. The molecule has 0 aliphatic heterocycles. The molecule has 0 saturated heterocycles. The van der Waals surface area contributed by atoms with Crippen LogP contribution in [0.2, 0.25) is 0 Å². The van der Waals surface area contributed by atoms with E-state index in [2.05, 4.69) is 30.4 Å². The Bertz CT molecular complexity index is 350. The first-order chi connectivity index (χ1) is 7.58. The molecule has 0 fully saturated rings. The highest BCUT2D eigenvalue weighted by Gasteiger charge is 2.05. The van der Waals surface area contributed by atoms with Gasteiger partial charge < -0.3 is 10.4 Å². The molecule has 1 aromatic rings. The van der Waals surface area contributed by atoms with Crippen molar-refractivity contribution in [2.45, 2.75) is 32.7 Å². The predicted octanol–water partition coefficient (Wildman–Crippen LogP) is 1.99. The van der Waals surface area contributed by atoms with Crippen molar-refractivity contribution in [2.24, 2.45) is 0 Å². The Kier molecular flexibility index (Phi) is 4.99. The van der Waals surface area contributed by atoms with E-state index in [1.165, 1.54) is 11.1 Å². The highest BCUT2D eigenvalue weighted by Crippen LogP contribution is 2.04. The van der Waals surface area contributed by atoms with Crippen LogP contribution in [-0.2, 0) is 11.2 Å². The summed E-state index contributed by atoms with van der Waals surface area (Å²) in [5, 5.41) is 11.8. The quantitative estimate of drug-likeness (QED) is 0.772. The zero-order valence-corrected chi connectivity index (χ0v) is 9.86. The van der Waals surface area contributed by atoms with E-state index < -0.39 is 5.97 Å². The zero-order valence-electron chi connectivity index (χ0n) is 9.86. The van der Waals surface area contributed by atoms with Gasteiger partial charge >= 0.3 is 5.97 Å². The number of benzene rings is 1. The molecule has 1 rings (SSSR count). The Morgan fingerprint density at radius 2 is 2.25 bits per heavy atom. The summed E-state index contributed by atoms with van der Waals surface area (Å²) in [7, 11) is 0. The standard InChI is InChI=1S/C13H19NO2/c1-10-4-3-5-12(8-10)6-7-14-11(2)9-13(15)16/h3-5,8,11,14H,6-7,9H2,1-2H3,(H,15,16). The van der Waals surface area contributed by atoms with Crippen molar-refractivity contribution in [1.29, 1.82) is 0 Å². The lowest BCUT2D eigenvalue weighted by atomic mass is 10.1. The smallest absolute Gasteiger partial charge is 0.304 e. The molecule has 3 nitrogen and oxygen atoms in total. The fraction of sp³-hybridized carbons (Fsp3) is 0.462. The molecular formula is C13H19NO2. The Balaban J connectivity index is 2.27. The second kappa shape index (κ2) is 6.28. The molecule has 88 valence electrons. The molecule has 0 aliphatic rings. The Labute approximate surface area is 96.5 Å². The maximum Gasteiger partial charge on any atom is 0.304 e. The number of carboxylic acid groups (broad SMARTS) is 1. The van der Waals surface area contributed by atoms with E-state index >= 15 is 0 Å². The van der Waals surface area contributed by atoms with Crippen LogP contribution in [0.25, 0.3) is 0 Å². The average molecular weight is 221 g/mol. The van der Waals surface area contributed by atoms with Gasteiger partial charge in [-0.15, -0.1) is 0 Å². The minimum atomic E-state index is -0.754. The average Bonchev–Trinajstić information content (AvgIpc) is 2.16. The second-order valence-corrected chi connectivity index (χ2v) is 4.19. The van der Waals surface area contributed by atoms with E-state index in [1.54, 1.807) is 0 Å². The molecule has 0 bridgehead atoms. The van der Waals surface area contributed by atoms with Gasteiger partial charge in [0, 0.05) is 6.04 Å². The molecule has 0 aromatic heterocycles. The van der Waals surface area contributed by atoms with Gasteiger partial charge in [-0.3, -0.25) is 4.79 Å². The number of carboxylic acids is 1. The Morgan fingerprint density at radius 3 is 2.88 bits per heavy atom. The summed E-state index contributed by atoms with van der Waals surface area (Å²) >= 11 is 0. The van der Waals surface area contributed by atoms with Crippen LogP contribution in [0.15, 0.2) is 24.3 Å². The van der Waals surface area contributed by atoms with Crippen LogP contribution in [0.5, 0.6) is 0 Å². The van der Waals surface area contributed by atoms with Crippen molar-refractivity contribution in [3.63, 3.8) is 0 Å². The van der Waals surface area contributed by atoms with E-state index in [4.69, 9.17) is 5.11 Å². The van der Waals surface area contributed by atoms with Crippen molar-refractivity contribution in [3.8, 4) is 0 Å². The zero-order chi connectivity index (χ0) is 12.0. The van der Waals surface area contributed by atoms with Crippen molar-refractivity contribution in [3.05, 3.63) is 35.4 Å². The van der Waals surface area contributed by atoms with Crippen LogP contribution in [0, 0.1) is 6.92 Å². The molecule has 0 saturated carbocycles. The summed E-state index contributed by atoms with van der Waals surface area (Å²) in [4.78, 5) is 10.4. The minimum Gasteiger partial charge on any atom is -0.481 e. The lowest BCUT2D eigenvalue weighted by molar-refractivity contribution is -0.137. The molecule has 0 spiro atoms. The van der Waals surface area contributed by atoms with Crippen LogP contribution in [-0.4, -0.2) is 23.7 Å². The maximum atomic E-state index is 10.4. The van der Waals surface area contributed by atoms with Gasteiger partial charge in [0.05, 0.1) is 6.42 Å². The number of rotatable bonds is 6. The van der Waals surface area contributed by atoms with Crippen molar-refractivity contribution in [2.75, 3.05) is 6.54 Å². The normalized spacial score (nSPS) is 12.4. The molecule has 0 amide bonds. The minimum absolute atomic E-state index is 0.0299. The largest absolute Gasteiger partial charge is 0.481 e. The van der Waals surface area contributed by atoms with Crippen molar-refractivity contribution in [1.82, 2.24) is 5.32 Å². The fourth-order valence-corrected chi connectivity index (χ4v) is 1.66. The third-order valence-corrected chi connectivity index (χ3v) is 2.47. The van der Waals surface area contributed by atoms with Crippen molar-refractivity contribution < 1.29 is 9.90 Å².